The number of thiophene rings is 2. The zero-order valence-corrected chi connectivity index (χ0v) is 23.4. The van der Waals surface area contributed by atoms with Crippen molar-refractivity contribution in [3.63, 3.8) is 0 Å². The van der Waals surface area contributed by atoms with Crippen molar-refractivity contribution in [2.24, 2.45) is 11.3 Å². The average Bonchev–Trinajstić information content (AvgIpc) is 3.53. The van der Waals surface area contributed by atoms with E-state index < -0.39 is 48.5 Å². The molecule has 4 rings (SSSR count). The number of hydrogen-bond donors (Lipinski definition) is 2. The number of esters is 2. The monoisotopic (exact) mass is 561 g/mol. The van der Waals surface area contributed by atoms with Crippen LogP contribution >= 0.6 is 22.7 Å². The van der Waals surface area contributed by atoms with Crippen LogP contribution in [-0.2, 0) is 23.9 Å². The predicted octanol–water partition coefficient (Wildman–Crippen LogP) is 4.27. The lowest BCUT2D eigenvalue weighted by atomic mass is 9.64. The molecule has 204 valence electrons. The molecule has 2 aliphatic rings. The van der Waals surface area contributed by atoms with Crippen molar-refractivity contribution in [1.29, 1.82) is 0 Å². The number of nitrogens with zero attached hydrogens (tertiary/aromatic N) is 1. The molecule has 0 unspecified atom stereocenters. The first-order valence-electron chi connectivity index (χ1n) is 12.4. The molecule has 2 fully saturated rings. The Morgan fingerprint density at radius 2 is 1.95 bits per heavy atom. The third-order valence-corrected chi connectivity index (χ3v) is 8.38. The molecule has 1 aliphatic carbocycles. The largest absolute Gasteiger partial charge is 0.462 e. The lowest BCUT2D eigenvalue weighted by Gasteiger charge is -2.43. The number of amides is 4. The van der Waals surface area contributed by atoms with Gasteiger partial charge in [0.25, 0.3) is 11.8 Å². The fourth-order valence-corrected chi connectivity index (χ4v) is 7.39. The highest BCUT2D eigenvalue weighted by molar-refractivity contribution is 7.17. The van der Waals surface area contributed by atoms with Gasteiger partial charge in [0, 0.05) is 15.8 Å². The molecule has 1 aliphatic heterocycles. The maximum Gasteiger partial charge on any atom is 0.341 e. The first kappa shape index (κ1) is 27.8. The second kappa shape index (κ2) is 10.9. The molecule has 1 saturated carbocycles. The number of rotatable bonds is 8. The van der Waals surface area contributed by atoms with Crippen LogP contribution in [0.1, 0.15) is 57.3 Å². The van der Waals surface area contributed by atoms with Crippen molar-refractivity contribution in [2.45, 2.75) is 52.5 Å². The summed E-state index contributed by atoms with van der Waals surface area (Å²) in [6.07, 6.45) is 1.93. The number of anilines is 1. The van der Waals surface area contributed by atoms with Crippen molar-refractivity contribution in [1.82, 2.24) is 10.2 Å². The normalized spacial score (nSPS) is 22.3. The Morgan fingerprint density at radius 3 is 2.61 bits per heavy atom. The fourth-order valence-electron chi connectivity index (χ4n) is 5.60. The molecule has 1 saturated heterocycles. The summed E-state index contributed by atoms with van der Waals surface area (Å²) >= 11 is 2.61. The third kappa shape index (κ3) is 5.75. The molecule has 12 heteroatoms. The number of ether oxygens (including phenoxy) is 2. The molecule has 0 aromatic carbocycles. The Labute approximate surface area is 228 Å². The van der Waals surface area contributed by atoms with E-state index in [-0.39, 0.29) is 28.5 Å². The summed E-state index contributed by atoms with van der Waals surface area (Å²) in [5.74, 6) is -2.34. The molecule has 38 heavy (non-hydrogen) atoms. The van der Waals surface area contributed by atoms with Gasteiger partial charge in [-0.05, 0) is 49.0 Å². The predicted molar refractivity (Wildman–Crippen MR) is 143 cm³/mol. The van der Waals surface area contributed by atoms with Crippen molar-refractivity contribution in [2.75, 3.05) is 25.1 Å². The summed E-state index contributed by atoms with van der Waals surface area (Å²) in [6.45, 7) is 6.78. The molecule has 2 aromatic rings. The average molecular weight is 562 g/mol. The van der Waals surface area contributed by atoms with E-state index in [4.69, 9.17) is 9.47 Å². The summed E-state index contributed by atoms with van der Waals surface area (Å²) in [5, 5.41) is 9.32. The highest BCUT2D eigenvalue weighted by Crippen LogP contribution is 2.46. The maximum atomic E-state index is 13.2. The van der Waals surface area contributed by atoms with Gasteiger partial charge in [-0.2, -0.15) is 0 Å². The van der Waals surface area contributed by atoms with Gasteiger partial charge < -0.3 is 20.1 Å². The van der Waals surface area contributed by atoms with Gasteiger partial charge in [0.2, 0.25) is 0 Å². The molecule has 2 N–H and O–H groups in total. The zero-order valence-electron chi connectivity index (χ0n) is 21.8. The second-order valence-corrected chi connectivity index (χ2v) is 12.3. The number of hydrogen-bond acceptors (Lipinski definition) is 9. The molecule has 3 heterocycles. The van der Waals surface area contributed by atoms with Crippen LogP contribution in [0.3, 0.4) is 0 Å². The van der Waals surface area contributed by atoms with Crippen molar-refractivity contribution < 1.29 is 33.4 Å². The third-order valence-electron chi connectivity index (χ3n) is 6.59. The minimum absolute atomic E-state index is 0.136. The van der Waals surface area contributed by atoms with E-state index in [1.165, 1.54) is 11.3 Å². The smallest absolute Gasteiger partial charge is 0.341 e. The Kier molecular flexibility index (Phi) is 7.93. The molecule has 2 aromatic heterocycles. The number of imide groups is 1. The lowest BCUT2D eigenvalue weighted by molar-refractivity contribution is -0.150. The van der Waals surface area contributed by atoms with Gasteiger partial charge in [-0.25, -0.2) is 9.59 Å². The van der Waals surface area contributed by atoms with Gasteiger partial charge in [-0.15, -0.1) is 22.7 Å². The van der Waals surface area contributed by atoms with Crippen LogP contribution in [0.4, 0.5) is 9.80 Å². The van der Waals surface area contributed by atoms with Crippen LogP contribution in [0.25, 0.3) is 10.4 Å². The molecule has 10 nitrogen and oxygen atoms in total. The molecule has 2 atom stereocenters. The Bertz CT molecular complexity index is 1250. The molecular formula is C26H31N3O7S2. The minimum Gasteiger partial charge on any atom is -0.462 e. The molecule has 0 radical (unpaired) electrons. The Hall–Kier alpha value is -3.25. The van der Waals surface area contributed by atoms with E-state index in [1.807, 2.05) is 24.4 Å². The summed E-state index contributed by atoms with van der Waals surface area (Å²) in [6, 6.07) is 3.07. The Morgan fingerprint density at radius 1 is 1.18 bits per heavy atom. The van der Waals surface area contributed by atoms with Crippen LogP contribution in [-0.4, -0.2) is 60.0 Å². The van der Waals surface area contributed by atoms with Gasteiger partial charge in [-0.3, -0.25) is 19.3 Å². The van der Waals surface area contributed by atoms with E-state index >= 15 is 0 Å². The SMILES string of the molecule is CCOC(=O)c1c(-c2cccs2)csc1NC(=O)COC(=O)CN1C(=O)N[C@]2(C[C@@H](C)CC(C)(C)C2)C1=O. The maximum absolute atomic E-state index is 13.2. The topological polar surface area (TPSA) is 131 Å². The number of carbonyl (C=O) groups is 5. The van der Waals surface area contributed by atoms with Crippen molar-refractivity contribution in [3.8, 4) is 10.4 Å². The Balaban J connectivity index is 1.37. The second-order valence-electron chi connectivity index (χ2n) is 10.5. The summed E-state index contributed by atoms with van der Waals surface area (Å²) in [7, 11) is 0. The van der Waals surface area contributed by atoms with Crippen LogP contribution in [0.5, 0.6) is 0 Å². The van der Waals surface area contributed by atoms with Crippen LogP contribution < -0.4 is 10.6 Å². The molecule has 0 bridgehead atoms. The van der Waals surface area contributed by atoms with Gasteiger partial charge in [-0.1, -0.05) is 26.8 Å². The van der Waals surface area contributed by atoms with Gasteiger partial charge in [0.15, 0.2) is 6.61 Å². The highest BCUT2D eigenvalue weighted by atomic mass is 32.1. The van der Waals surface area contributed by atoms with E-state index in [1.54, 1.807) is 12.3 Å². The van der Waals surface area contributed by atoms with E-state index in [2.05, 4.69) is 24.5 Å². The van der Waals surface area contributed by atoms with Gasteiger partial charge in [0.05, 0.1) is 6.61 Å². The summed E-state index contributed by atoms with van der Waals surface area (Å²) in [4.78, 5) is 65.2. The molecule has 1 spiro atoms. The number of nitrogens with one attached hydrogen (secondary N) is 2. The quantitative estimate of drug-likeness (QED) is 0.363. The summed E-state index contributed by atoms with van der Waals surface area (Å²) in [5.41, 5.74) is -0.293. The summed E-state index contributed by atoms with van der Waals surface area (Å²) < 4.78 is 10.2. The van der Waals surface area contributed by atoms with E-state index in [0.717, 1.165) is 27.5 Å². The minimum atomic E-state index is -1.03. The van der Waals surface area contributed by atoms with E-state index in [0.29, 0.717) is 18.4 Å². The standard InChI is InChI=1S/C26H31N3O7S2/c1-5-35-22(32)20-16(17-7-6-8-37-17)13-38-21(20)27-18(30)12-36-19(31)11-29-23(33)26(28-24(29)34)10-15(2)9-25(3,4)14-26/h6-8,13,15H,5,9-12,14H2,1-4H3,(H,27,30)(H,28,34)/t15-,26-/m0/s1. The van der Waals surface area contributed by atoms with Crippen LogP contribution in [0.15, 0.2) is 22.9 Å². The van der Waals surface area contributed by atoms with Crippen LogP contribution in [0.2, 0.25) is 0 Å². The molecule has 4 amide bonds. The van der Waals surface area contributed by atoms with Gasteiger partial charge in [0.1, 0.15) is 22.6 Å². The first-order chi connectivity index (χ1) is 17.9. The lowest BCUT2D eigenvalue weighted by Crippen LogP contribution is -2.54. The zero-order chi connectivity index (χ0) is 27.7. The molecular weight excluding hydrogens is 530 g/mol. The number of urea groups is 1. The van der Waals surface area contributed by atoms with Crippen molar-refractivity contribution >= 4 is 57.5 Å². The van der Waals surface area contributed by atoms with Crippen molar-refractivity contribution in [3.05, 3.63) is 28.5 Å². The van der Waals surface area contributed by atoms with Crippen LogP contribution in [0, 0.1) is 11.3 Å². The fraction of sp³-hybridized carbons (Fsp3) is 0.500. The van der Waals surface area contributed by atoms with Gasteiger partial charge >= 0.3 is 18.0 Å². The highest BCUT2D eigenvalue weighted by Gasteiger charge is 2.56. The first-order valence-corrected chi connectivity index (χ1v) is 14.1. The number of carbonyl (C=O) groups excluding carboxylic acids is 5. The van der Waals surface area contributed by atoms with E-state index in [9.17, 15) is 24.0 Å².